The number of para-hydroxylation sites is 1. The van der Waals surface area contributed by atoms with Crippen LogP contribution < -0.4 is 10.1 Å². The summed E-state index contributed by atoms with van der Waals surface area (Å²) >= 11 is 5.62. The molecule has 0 bridgehead atoms. The highest BCUT2D eigenvalue weighted by Crippen LogP contribution is 2.37. The van der Waals surface area contributed by atoms with Crippen LogP contribution in [0.3, 0.4) is 0 Å². The van der Waals surface area contributed by atoms with Crippen LogP contribution >= 0.6 is 11.6 Å². The molecule has 106 valence electrons. The molecule has 0 radical (unpaired) electrons. The van der Waals surface area contributed by atoms with Crippen LogP contribution in [0.4, 0.5) is 19.1 Å². The van der Waals surface area contributed by atoms with E-state index in [2.05, 4.69) is 20.3 Å². The van der Waals surface area contributed by atoms with Gasteiger partial charge in [-0.3, -0.25) is 0 Å². The highest BCUT2D eigenvalue weighted by Gasteiger charge is 2.34. The van der Waals surface area contributed by atoms with Crippen LogP contribution in [0.1, 0.15) is 5.56 Å². The van der Waals surface area contributed by atoms with Gasteiger partial charge in [-0.25, -0.2) is 0 Å². The molecular formula is C11H8ClF3N4O. The van der Waals surface area contributed by atoms with E-state index in [4.69, 9.17) is 16.3 Å². The second-order valence-corrected chi connectivity index (χ2v) is 3.89. The van der Waals surface area contributed by atoms with Crippen molar-refractivity contribution in [1.29, 1.82) is 0 Å². The first-order chi connectivity index (χ1) is 9.40. The predicted octanol–water partition coefficient (Wildman–Crippen LogP) is 3.38. The summed E-state index contributed by atoms with van der Waals surface area (Å²) in [6.45, 7) is 0. The van der Waals surface area contributed by atoms with E-state index < -0.39 is 17.5 Å². The van der Waals surface area contributed by atoms with E-state index in [0.29, 0.717) is 0 Å². The van der Waals surface area contributed by atoms with Gasteiger partial charge in [0.2, 0.25) is 11.2 Å². The van der Waals surface area contributed by atoms with Crippen molar-refractivity contribution in [3.8, 4) is 11.8 Å². The van der Waals surface area contributed by atoms with Gasteiger partial charge in [0.25, 0.3) is 0 Å². The lowest BCUT2D eigenvalue weighted by Gasteiger charge is -2.12. The SMILES string of the molecule is CNc1nc(Cl)nc(Oc2ccccc2C(F)(F)F)n1. The van der Waals surface area contributed by atoms with Crippen molar-refractivity contribution >= 4 is 17.5 Å². The van der Waals surface area contributed by atoms with Gasteiger partial charge in [0.1, 0.15) is 5.75 Å². The summed E-state index contributed by atoms with van der Waals surface area (Å²) in [6, 6.07) is 4.41. The zero-order valence-corrected chi connectivity index (χ0v) is 10.8. The van der Waals surface area contributed by atoms with Gasteiger partial charge in [0.05, 0.1) is 5.56 Å². The summed E-state index contributed by atoms with van der Waals surface area (Å²) in [4.78, 5) is 11.1. The van der Waals surface area contributed by atoms with Crippen LogP contribution in [0.2, 0.25) is 5.28 Å². The van der Waals surface area contributed by atoms with Crippen molar-refractivity contribution in [1.82, 2.24) is 15.0 Å². The summed E-state index contributed by atoms with van der Waals surface area (Å²) in [6.07, 6.45) is -4.54. The molecule has 9 heteroatoms. The van der Waals surface area contributed by atoms with Crippen LogP contribution in [-0.4, -0.2) is 22.0 Å². The smallest absolute Gasteiger partial charge is 0.419 e. The molecule has 5 nitrogen and oxygen atoms in total. The highest BCUT2D eigenvalue weighted by atomic mass is 35.5. The fourth-order valence-electron chi connectivity index (χ4n) is 1.38. The Bertz CT molecular complexity index is 621. The van der Waals surface area contributed by atoms with Crippen molar-refractivity contribution in [2.45, 2.75) is 6.18 Å². The topological polar surface area (TPSA) is 59.9 Å². The van der Waals surface area contributed by atoms with E-state index in [9.17, 15) is 13.2 Å². The number of nitrogens with zero attached hydrogens (tertiary/aromatic N) is 3. The Hall–Kier alpha value is -2.09. The molecule has 0 unspecified atom stereocenters. The Balaban J connectivity index is 2.38. The summed E-state index contributed by atoms with van der Waals surface area (Å²) in [5, 5.41) is 2.40. The summed E-state index contributed by atoms with van der Waals surface area (Å²) in [5.74, 6) is -0.325. The third-order valence-electron chi connectivity index (χ3n) is 2.20. The lowest BCUT2D eigenvalue weighted by molar-refractivity contribution is -0.138. The minimum absolute atomic E-state index is 0.0875. The van der Waals surface area contributed by atoms with Crippen molar-refractivity contribution in [2.75, 3.05) is 12.4 Å². The molecule has 0 saturated carbocycles. The van der Waals surface area contributed by atoms with Gasteiger partial charge in [0, 0.05) is 7.05 Å². The van der Waals surface area contributed by atoms with Crippen LogP contribution in [0, 0.1) is 0 Å². The van der Waals surface area contributed by atoms with E-state index in [1.165, 1.54) is 25.2 Å². The monoisotopic (exact) mass is 304 g/mol. The first-order valence-electron chi connectivity index (χ1n) is 5.33. The lowest BCUT2D eigenvalue weighted by Crippen LogP contribution is -2.08. The summed E-state index contributed by atoms with van der Waals surface area (Å²) < 4.78 is 43.5. The number of hydrogen-bond donors (Lipinski definition) is 1. The van der Waals surface area contributed by atoms with Crippen LogP contribution in [0.15, 0.2) is 24.3 Å². The van der Waals surface area contributed by atoms with Gasteiger partial charge >= 0.3 is 12.2 Å². The second kappa shape index (κ2) is 5.49. The maximum Gasteiger partial charge on any atom is 0.419 e. The Morgan fingerprint density at radius 1 is 1.15 bits per heavy atom. The summed E-state index contributed by atoms with van der Waals surface area (Å²) in [7, 11) is 1.53. The molecule has 1 heterocycles. The standard InChI is InChI=1S/C11H8ClF3N4O/c1-16-9-17-8(12)18-10(19-9)20-7-5-3-2-4-6(7)11(13,14)15/h2-5H,1H3,(H,16,17,18,19). The first kappa shape index (κ1) is 14.3. The zero-order chi connectivity index (χ0) is 14.8. The quantitative estimate of drug-likeness (QED) is 0.942. The number of ether oxygens (including phenoxy) is 1. The lowest BCUT2D eigenvalue weighted by atomic mass is 10.2. The fraction of sp³-hybridized carbons (Fsp3) is 0.182. The van der Waals surface area contributed by atoms with Gasteiger partial charge in [-0.05, 0) is 23.7 Å². The van der Waals surface area contributed by atoms with E-state index in [0.717, 1.165) is 6.07 Å². The minimum atomic E-state index is -4.54. The molecular weight excluding hydrogens is 297 g/mol. The van der Waals surface area contributed by atoms with E-state index in [-0.39, 0.29) is 17.2 Å². The molecule has 1 aromatic heterocycles. The number of halogens is 4. The highest BCUT2D eigenvalue weighted by molar-refractivity contribution is 6.28. The molecule has 0 spiro atoms. The van der Waals surface area contributed by atoms with E-state index >= 15 is 0 Å². The Morgan fingerprint density at radius 2 is 1.85 bits per heavy atom. The van der Waals surface area contributed by atoms with Crippen LogP contribution in [-0.2, 0) is 6.18 Å². The molecule has 2 aromatic rings. The Labute approximate surface area is 116 Å². The average molecular weight is 305 g/mol. The fourth-order valence-corrected chi connectivity index (χ4v) is 1.53. The molecule has 0 saturated heterocycles. The average Bonchev–Trinajstić information content (AvgIpc) is 2.37. The second-order valence-electron chi connectivity index (χ2n) is 3.56. The molecule has 1 aromatic carbocycles. The van der Waals surface area contributed by atoms with Gasteiger partial charge in [0.15, 0.2) is 0 Å². The third-order valence-corrected chi connectivity index (χ3v) is 2.37. The number of alkyl halides is 3. The normalized spacial score (nSPS) is 11.2. The minimum Gasteiger partial charge on any atom is -0.424 e. The van der Waals surface area contributed by atoms with E-state index in [1.54, 1.807) is 0 Å². The van der Waals surface area contributed by atoms with Gasteiger partial charge in [-0.15, -0.1) is 0 Å². The summed E-state index contributed by atoms with van der Waals surface area (Å²) in [5.41, 5.74) is -0.928. The number of nitrogens with one attached hydrogen (secondary N) is 1. The third kappa shape index (κ3) is 3.27. The maximum atomic E-state index is 12.8. The zero-order valence-electron chi connectivity index (χ0n) is 10.1. The van der Waals surface area contributed by atoms with Crippen LogP contribution in [0.5, 0.6) is 11.8 Å². The number of rotatable bonds is 3. The number of hydrogen-bond acceptors (Lipinski definition) is 5. The Morgan fingerprint density at radius 3 is 2.50 bits per heavy atom. The predicted molar refractivity (Wildman–Crippen MR) is 65.9 cm³/mol. The maximum absolute atomic E-state index is 12.8. The number of anilines is 1. The largest absolute Gasteiger partial charge is 0.424 e. The molecule has 0 aliphatic carbocycles. The molecule has 0 aliphatic heterocycles. The number of benzene rings is 1. The molecule has 1 N–H and O–H groups in total. The molecule has 0 fully saturated rings. The van der Waals surface area contributed by atoms with Gasteiger partial charge in [-0.1, -0.05) is 12.1 Å². The van der Waals surface area contributed by atoms with Gasteiger partial charge in [-0.2, -0.15) is 28.1 Å². The van der Waals surface area contributed by atoms with Crippen molar-refractivity contribution in [3.63, 3.8) is 0 Å². The van der Waals surface area contributed by atoms with Crippen LogP contribution in [0.25, 0.3) is 0 Å². The number of aromatic nitrogens is 3. The first-order valence-corrected chi connectivity index (χ1v) is 5.71. The molecule has 20 heavy (non-hydrogen) atoms. The molecule has 2 rings (SSSR count). The van der Waals surface area contributed by atoms with E-state index in [1.807, 2.05) is 0 Å². The Kier molecular flexibility index (Phi) is 3.93. The van der Waals surface area contributed by atoms with Gasteiger partial charge < -0.3 is 10.1 Å². The molecule has 0 amide bonds. The molecule has 0 atom stereocenters. The molecule has 0 aliphatic rings. The van der Waals surface area contributed by atoms with Crippen molar-refractivity contribution in [3.05, 3.63) is 35.1 Å². The van der Waals surface area contributed by atoms with Crippen molar-refractivity contribution in [2.24, 2.45) is 0 Å². The van der Waals surface area contributed by atoms with Crippen molar-refractivity contribution < 1.29 is 17.9 Å².